The first-order chi connectivity index (χ1) is 8.75. The van der Waals surface area contributed by atoms with E-state index in [-0.39, 0.29) is 17.6 Å². The van der Waals surface area contributed by atoms with E-state index >= 15 is 0 Å². The van der Waals surface area contributed by atoms with Crippen LogP contribution in [0.1, 0.15) is 21.7 Å². The number of carbonyl (C=O) groups excluding carboxylic acids is 2. The molecular weight excluding hydrogens is 248 g/mol. The Bertz CT molecular complexity index is 477. The van der Waals surface area contributed by atoms with Crippen LogP contribution in [0.15, 0.2) is 11.4 Å². The minimum atomic E-state index is -0.116. The first kappa shape index (κ1) is 11.9. The summed E-state index contributed by atoms with van der Waals surface area (Å²) in [5, 5.41) is 5.18. The van der Waals surface area contributed by atoms with Crippen molar-refractivity contribution in [3.8, 4) is 0 Å². The number of carbonyl (C=O) groups is 2. The fourth-order valence-electron chi connectivity index (χ4n) is 2.67. The van der Waals surface area contributed by atoms with Gasteiger partial charge in [0.1, 0.15) is 0 Å². The average Bonchev–Trinajstić information content (AvgIpc) is 2.95. The van der Waals surface area contributed by atoms with Gasteiger partial charge in [0.15, 0.2) is 5.78 Å². The SMILES string of the molecule is O=C1c2ccsc2CC1CC(=O)N1CCNCC1. The quantitative estimate of drug-likeness (QED) is 0.864. The Morgan fingerprint density at radius 1 is 1.44 bits per heavy atom. The zero-order valence-electron chi connectivity index (χ0n) is 10.1. The van der Waals surface area contributed by atoms with Crippen molar-refractivity contribution in [2.45, 2.75) is 12.8 Å². The molecule has 1 saturated heterocycles. The van der Waals surface area contributed by atoms with Crippen LogP contribution in [-0.2, 0) is 11.2 Å². The van der Waals surface area contributed by atoms with Gasteiger partial charge in [0.05, 0.1) is 0 Å². The Kier molecular flexibility index (Phi) is 3.18. The standard InChI is InChI=1S/C13H16N2O2S/c16-12(15-4-2-14-3-5-15)8-9-7-11-10(13(9)17)1-6-18-11/h1,6,9,14H,2-5,7-8H2. The van der Waals surface area contributed by atoms with E-state index in [0.717, 1.165) is 43.0 Å². The van der Waals surface area contributed by atoms with Gasteiger partial charge in [-0.3, -0.25) is 9.59 Å². The van der Waals surface area contributed by atoms with Crippen LogP contribution in [0.3, 0.4) is 0 Å². The van der Waals surface area contributed by atoms with Gasteiger partial charge in [0, 0.05) is 49.0 Å². The van der Waals surface area contributed by atoms with Crippen LogP contribution in [-0.4, -0.2) is 42.8 Å². The summed E-state index contributed by atoms with van der Waals surface area (Å²) >= 11 is 1.63. The normalized spacial score (nSPS) is 23.2. The zero-order valence-corrected chi connectivity index (χ0v) is 11.0. The number of amides is 1. The van der Waals surface area contributed by atoms with Gasteiger partial charge in [-0.15, -0.1) is 11.3 Å². The van der Waals surface area contributed by atoms with Gasteiger partial charge in [-0.1, -0.05) is 0 Å². The molecule has 18 heavy (non-hydrogen) atoms. The van der Waals surface area contributed by atoms with Gasteiger partial charge in [0.25, 0.3) is 0 Å². The number of hydrogen-bond acceptors (Lipinski definition) is 4. The van der Waals surface area contributed by atoms with Crippen molar-refractivity contribution in [2.24, 2.45) is 5.92 Å². The molecule has 2 heterocycles. The predicted molar refractivity (Wildman–Crippen MR) is 69.9 cm³/mol. The maximum absolute atomic E-state index is 12.1. The maximum atomic E-state index is 12.1. The Morgan fingerprint density at radius 2 is 2.22 bits per heavy atom. The largest absolute Gasteiger partial charge is 0.340 e. The topological polar surface area (TPSA) is 49.4 Å². The number of thiophene rings is 1. The van der Waals surface area contributed by atoms with Gasteiger partial charge in [-0.25, -0.2) is 0 Å². The molecule has 4 nitrogen and oxygen atoms in total. The highest BCUT2D eigenvalue weighted by Crippen LogP contribution is 2.32. The van der Waals surface area contributed by atoms with Crippen molar-refractivity contribution in [2.75, 3.05) is 26.2 Å². The Morgan fingerprint density at radius 3 is 2.94 bits per heavy atom. The van der Waals surface area contributed by atoms with Crippen LogP contribution in [0.2, 0.25) is 0 Å². The van der Waals surface area contributed by atoms with E-state index in [2.05, 4.69) is 5.32 Å². The Balaban J connectivity index is 1.62. The van der Waals surface area contributed by atoms with E-state index in [4.69, 9.17) is 0 Å². The molecule has 5 heteroatoms. The summed E-state index contributed by atoms with van der Waals surface area (Å²) in [5.74, 6) is 0.176. The fraction of sp³-hybridized carbons (Fsp3) is 0.538. The molecule has 0 bridgehead atoms. The van der Waals surface area contributed by atoms with Crippen LogP contribution in [0.5, 0.6) is 0 Å². The fourth-order valence-corrected chi connectivity index (χ4v) is 3.64. The third kappa shape index (κ3) is 2.08. The van der Waals surface area contributed by atoms with Gasteiger partial charge in [-0.2, -0.15) is 0 Å². The molecular formula is C13H16N2O2S. The molecule has 1 amide bonds. The van der Waals surface area contributed by atoms with E-state index in [1.807, 2.05) is 16.3 Å². The second kappa shape index (κ2) is 4.82. The number of Topliss-reactive ketones (excluding diaryl/α,β-unsaturated/α-hetero) is 1. The van der Waals surface area contributed by atoms with Crippen LogP contribution in [0.4, 0.5) is 0 Å². The highest BCUT2D eigenvalue weighted by Gasteiger charge is 2.34. The first-order valence-corrected chi connectivity index (χ1v) is 7.23. The molecule has 0 radical (unpaired) electrons. The number of ketones is 1. The minimum Gasteiger partial charge on any atom is -0.340 e. The Labute approximate surface area is 110 Å². The lowest BCUT2D eigenvalue weighted by Gasteiger charge is -2.28. The minimum absolute atomic E-state index is 0.116. The molecule has 1 aliphatic carbocycles. The summed E-state index contributed by atoms with van der Waals surface area (Å²) < 4.78 is 0. The van der Waals surface area contributed by atoms with E-state index in [1.165, 1.54) is 0 Å². The molecule has 0 spiro atoms. The van der Waals surface area contributed by atoms with E-state index in [1.54, 1.807) is 11.3 Å². The molecule has 3 rings (SSSR count). The van der Waals surface area contributed by atoms with Crippen LogP contribution >= 0.6 is 11.3 Å². The molecule has 0 aromatic carbocycles. The molecule has 1 fully saturated rings. The summed E-state index contributed by atoms with van der Waals surface area (Å²) in [6, 6.07) is 1.89. The second-order valence-electron chi connectivity index (χ2n) is 4.86. The van der Waals surface area contributed by atoms with Gasteiger partial charge in [0.2, 0.25) is 5.91 Å². The highest BCUT2D eigenvalue weighted by atomic mass is 32.1. The van der Waals surface area contributed by atoms with Crippen molar-refractivity contribution in [1.82, 2.24) is 10.2 Å². The van der Waals surface area contributed by atoms with Gasteiger partial charge in [-0.05, 0) is 17.9 Å². The number of nitrogens with zero attached hydrogens (tertiary/aromatic N) is 1. The monoisotopic (exact) mass is 264 g/mol. The number of piperazine rings is 1. The van der Waals surface area contributed by atoms with E-state index in [0.29, 0.717) is 6.42 Å². The summed E-state index contributed by atoms with van der Waals surface area (Å²) in [5.41, 5.74) is 0.845. The van der Waals surface area contributed by atoms with Gasteiger partial charge >= 0.3 is 0 Å². The van der Waals surface area contributed by atoms with Crippen molar-refractivity contribution in [1.29, 1.82) is 0 Å². The van der Waals surface area contributed by atoms with E-state index < -0.39 is 0 Å². The van der Waals surface area contributed by atoms with Crippen molar-refractivity contribution in [3.05, 3.63) is 21.9 Å². The predicted octanol–water partition coefficient (Wildman–Crippen LogP) is 0.925. The summed E-state index contributed by atoms with van der Waals surface area (Å²) in [7, 11) is 0. The lowest BCUT2D eigenvalue weighted by molar-refractivity contribution is -0.132. The summed E-state index contributed by atoms with van der Waals surface area (Å²) in [6.07, 6.45) is 1.13. The molecule has 1 unspecified atom stereocenters. The smallest absolute Gasteiger partial charge is 0.223 e. The van der Waals surface area contributed by atoms with Gasteiger partial charge < -0.3 is 10.2 Å². The van der Waals surface area contributed by atoms with E-state index in [9.17, 15) is 9.59 Å². The van der Waals surface area contributed by atoms with Crippen LogP contribution in [0, 0.1) is 5.92 Å². The van der Waals surface area contributed by atoms with Crippen molar-refractivity contribution >= 4 is 23.0 Å². The second-order valence-corrected chi connectivity index (χ2v) is 5.86. The molecule has 96 valence electrons. The number of hydrogen-bond donors (Lipinski definition) is 1. The molecule has 0 saturated carbocycles. The average molecular weight is 264 g/mol. The lowest BCUT2D eigenvalue weighted by Crippen LogP contribution is -2.47. The molecule has 1 aliphatic heterocycles. The molecule has 2 aliphatic rings. The third-order valence-corrected chi connectivity index (χ3v) is 4.65. The number of rotatable bonds is 2. The highest BCUT2D eigenvalue weighted by molar-refractivity contribution is 7.10. The van der Waals surface area contributed by atoms with Crippen LogP contribution in [0.25, 0.3) is 0 Å². The number of fused-ring (bicyclic) bond motifs is 1. The molecule has 1 N–H and O–H groups in total. The molecule has 1 aromatic heterocycles. The van der Waals surface area contributed by atoms with Crippen LogP contribution < -0.4 is 5.32 Å². The Hall–Kier alpha value is -1.20. The zero-order chi connectivity index (χ0) is 12.5. The van der Waals surface area contributed by atoms with Crippen molar-refractivity contribution < 1.29 is 9.59 Å². The van der Waals surface area contributed by atoms with Crippen molar-refractivity contribution in [3.63, 3.8) is 0 Å². The maximum Gasteiger partial charge on any atom is 0.223 e. The third-order valence-electron chi connectivity index (χ3n) is 3.70. The number of nitrogens with one attached hydrogen (secondary N) is 1. The lowest BCUT2D eigenvalue weighted by atomic mass is 10.0. The molecule has 1 aromatic rings. The first-order valence-electron chi connectivity index (χ1n) is 6.35. The molecule has 1 atom stereocenters. The summed E-state index contributed by atoms with van der Waals surface area (Å²) in [4.78, 5) is 27.2. The summed E-state index contributed by atoms with van der Waals surface area (Å²) in [6.45, 7) is 3.25.